The SMILES string of the molecule is COC1CC(NC(C)c2ccc3c(c2)NC(=O)CO3)C1. The zero-order valence-electron chi connectivity index (χ0n) is 11.8. The van der Waals surface area contributed by atoms with Crippen LogP contribution in [0.1, 0.15) is 31.4 Å². The number of rotatable bonds is 4. The molecule has 1 aromatic rings. The highest BCUT2D eigenvalue weighted by molar-refractivity contribution is 5.95. The van der Waals surface area contributed by atoms with E-state index in [9.17, 15) is 4.79 Å². The summed E-state index contributed by atoms with van der Waals surface area (Å²) >= 11 is 0. The van der Waals surface area contributed by atoms with Gasteiger partial charge in [-0.2, -0.15) is 0 Å². The average molecular weight is 276 g/mol. The largest absolute Gasteiger partial charge is 0.482 e. The van der Waals surface area contributed by atoms with Crippen molar-refractivity contribution in [2.45, 2.75) is 38.0 Å². The third-order valence-corrected chi connectivity index (χ3v) is 4.05. The first-order valence-corrected chi connectivity index (χ1v) is 7.01. The predicted octanol–water partition coefficient (Wildman–Crippen LogP) is 1.85. The van der Waals surface area contributed by atoms with Crippen molar-refractivity contribution in [1.29, 1.82) is 0 Å². The molecule has 0 aromatic heterocycles. The van der Waals surface area contributed by atoms with Gasteiger partial charge in [0.2, 0.25) is 0 Å². The summed E-state index contributed by atoms with van der Waals surface area (Å²) in [5, 5.41) is 6.42. The van der Waals surface area contributed by atoms with Crippen molar-refractivity contribution in [2.24, 2.45) is 0 Å². The van der Waals surface area contributed by atoms with Crippen molar-refractivity contribution in [3.8, 4) is 5.75 Å². The Morgan fingerprint density at radius 3 is 3.00 bits per heavy atom. The Kier molecular flexibility index (Phi) is 3.63. The zero-order chi connectivity index (χ0) is 14.1. The van der Waals surface area contributed by atoms with Gasteiger partial charge in [-0.15, -0.1) is 0 Å². The van der Waals surface area contributed by atoms with Gasteiger partial charge >= 0.3 is 0 Å². The summed E-state index contributed by atoms with van der Waals surface area (Å²) in [5.41, 5.74) is 1.91. The van der Waals surface area contributed by atoms with Gasteiger partial charge in [-0.3, -0.25) is 4.79 Å². The summed E-state index contributed by atoms with van der Waals surface area (Å²) < 4.78 is 10.6. The zero-order valence-corrected chi connectivity index (χ0v) is 11.8. The standard InChI is InChI=1S/C15H20N2O3/c1-9(16-11-6-12(7-11)19-2)10-3-4-14-13(5-10)17-15(18)8-20-14/h3-5,9,11-12,16H,6-8H2,1-2H3,(H,17,18). The lowest BCUT2D eigenvalue weighted by molar-refractivity contribution is -0.118. The smallest absolute Gasteiger partial charge is 0.262 e. The van der Waals surface area contributed by atoms with E-state index in [1.165, 1.54) is 0 Å². The summed E-state index contributed by atoms with van der Waals surface area (Å²) in [6.45, 7) is 2.23. The van der Waals surface area contributed by atoms with Crippen LogP contribution in [-0.4, -0.2) is 31.8 Å². The molecule has 1 aromatic carbocycles. The van der Waals surface area contributed by atoms with E-state index >= 15 is 0 Å². The molecule has 3 rings (SSSR count). The van der Waals surface area contributed by atoms with Crippen LogP contribution in [0.3, 0.4) is 0 Å². The topological polar surface area (TPSA) is 59.6 Å². The van der Waals surface area contributed by atoms with Crippen LogP contribution in [0, 0.1) is 0 Å². The second kappa shape index (κ2) is 5.42. The normalized spacial score (nSPS) is 26.0. The molecule has 20 heavy (non-hydrogen) atoms. The van der Waals surface area contributed by atoms with Gasteiger partial charge in [0.15, 0.2) is 6.61 Å². The Bertz CT molecular complexity index is 512. The van der Waals surface area contributed by atoms with Gasteiger partial charge in [0.05, 0.1) is 11.8 Å². The van der Waals surface area contributed by atoms with Crippen LogP contribution < -0.4 is 15.4 Å². The van der Waals surface area contributed by atoms with Crippen molar-refractivity contribution in [1.82, 2.24) is 5.32 Å². The predicted molar refractivity (Wildman–Crippen MR) is 75.9 cm³/mol. The highest BCUT2D eigenvalue weighted by Crippen LogP contribution is 2.31. The summed E-state index contributed by atoms with van der Waals surface area (Å²) in [5.74, 6) is 0.640. The van der Waals surface area contributed by atoms with Gasteiger partial charge in [0, 0.05) is 19.2 Å². The number of nitrogens with one attached hydrogen (secondary N) is 2. The van der Waals surface area contributed by atoms with Crippen LogP contribution in [0.15, 0.2) is 18.2 Å². The van der Waals surface area contributed by atoms with Gasteiger partial charge in [0.25, 0.3) is 5.91 Å². The first-order valence-electron chi connectivity index (χ1n) is 7.01. The van der Waals surface area contributed by atoms with Crippen molar-refractivity contribution in [3.63, 3.8) is 0 Å². The van der Waals surface area contributed by atoms with E-state index in [1.807, 2.05) is 18.2 Å². The third-order valence-electron chi connectivity index (χ3n) is 4.05. The van der Waals surface area contributed by atoms with Crippen molar-refractivity contribution >= 4 is 11.6 Å². The molecule has 1 unspecified atom stereocenters. The monoisotopic (exact) mass is 276 g/mol. The highest BCUT2D eigenvalue weighted by Gasteiger charge is 2.30. The molecule has 1 aliphatic carbocycles. The third kappa shape index (κ3) is 2.64. The number of hydrogen-bond donors (Lipinski definition) is 2. The Balaban J connectivity index is 1.65. The molecule has 1 fully saturated rings. The molecular weight excluding hydrogens is 256 g/mol. The molecule has 0 bridgehead atoms. The number of amides is 1. The molecule has 1 aliphatic heterocycles. The molecule has 2 N–H and O–H groups in total. The minimum Gasteiger partial charge on any atom is -0.482 e. The van der Waals surface area contributed by atoms with Crippen molar-refractivity contribution < 1.29 is 14.3 Å². The van der Waals surface area contributed by atoms with Crippen LogP contribution in [-0.2, 0) is 9.53 Å². The number of carbonyl (C=O) groups is 1. The molecule has 108 valence electrons. The molecule has 0 saturated heterocycles. The maximum atomic E-state index is 11.3. The fraction of sp³-hybridized carbons (Fsp3) is 0.533. The molecule has 1 heterocycles. The minimum absolute atomic E-state index is 0.0978. The molecule has 5 nitrogen and oxygen atoms in total. The number of hydrogen-bond acceptors (Lipinski definition) is 4. The Labute approximate surface area is 118 Å². The second-order valence-electron chi connectivity index (χ2n) is 5.51. The van der Waals surface area contributed by atoms with Crippen molar-refractivity contribution in [2.75, 3.05) is 19.0 Å². The maximum absolute atomic E-state index is 11.3. The number of methoxy groups -OCH3 is 1. The van der Waals surface area contributed by atoms with Gasteiger partial charge < -0.3 is 20.1 Å². The fourth-order valence-corrected chi connectivity index (χ4v) is 2.71. The Hall–Kier alpha value is -1.59. The molecule has 1 amide bonds. The van der Waals surface area contributed by atoms with E-state index in [4.69, 9.17) is 9.47 Å². The van der Waals surface area contributed by atoms with Gasteiger partial charge in [-0.1, -0.05) is 6.07 Å². The lowest BCUT2D eigenvalue weighted by atomic mass is 9.88. The van der Waals surface area contributed by atoms with Gasteiger partial charge in [-0.25, -0.2) is 0 Å². The molecule has 5 heteroatoms. The number of carbonyl (C=O) groups excluding carboxylic acids is 1. The molecular formula is C15H20N2O3. The first-order chi connectivity index (χ1) is 9.65. The summed E-state index contributed by atoms with van der Waals surface area (Å²) in [4.78, 5) is 11.3. The van der Waals surface area contributed by atoms with E-state index in [0.29, 0.717) is 12.1 Å². The number of ether oxygens (including phenoxy) is 2. The van der Waals surface area contributed by atoms with Gasteiger partial charge in [0.1, 0.15) is 5.75 Å². The van der Waals surface area contributed by atoms with Crippen LogP contribution in [0.5, 0.6) is 5.75 Å². The average Bonchev–Trinajstić information content (AvgIpc) is 2.41. The van der Waals surface area contributed by atoms with Gasteiger partial charge in [-0.05, 0) is 37.5 Å². The molecule has 1 saturated carbocycles. The Morgan fingerprint density at radius 1 is 1.45 bits per heavy atom. The van der Waals surface area contributed by atoms with Crippen LogP contribution in [0.2, 0.25) is 0 Å². The summed E-state index contributed by atoms with van der Waals surface area (Å²) in [7, 11) is 1.76. The van der Waals surface area contributed by atoms with E-state index in [0.717, 1.165) is 29.8 Å². The second-order valence-corrected chi connectivity index (χ2v) is 5.51. The van der Waals surface area contributed by atoms with Crippen LogP contribution >= 0.6 is 0 Å². The lowest BCUT2D eigenvalue weighted by Gasteiger charge is -2.37. The first kappa shape index (κ1) is 13.4. The summed E-state index contributed by atoms with van der Waals surface area (Å²) in [6, 6.07) is 6.69. The molecule has 0 spiro atoms. The molecule has 2 aliphatic rings. The van der Waals surface area contributed by atoms with Crippen molar-refractivity contribution in [3.05, 3.63) is 23.8 Å². The van der Waals surface area contributed by atoms with E-state index in [-0.39, 0.29) is 18.6 Å². The minimum atomic E-state index is -0.0998. The lowest BCUT2D eigenvalue weighted by Crippen LogP contribution is -2.45. The number of anilines is 1. The van der Waals surface area contributed by atoms with Crippen LogP contribution in [0.4, 0.5) is 5.69 Å². The highest BCUT2D eigenvalue weighted by atomic mass is 16.5. The van der Waals surface area contributed by atoms with E-state index in [1.54, 1.807) is 7.11 Å². The number of benzene rings is 1. The van der Waals surface area contributed by atoms with E-state index in [2.05, 4.69) is 17.6 Å². The quantitative estimate of drug-likeness (QED) is 0.881. The summed E-state index contributed by atoms with van der Waals surface area (Å²) in [6.07, 6.45) is 2.52. The molecule has 1 atom stereocenters. The number of fused-ring (bicyclic) bond motifs is 1. The molecule has 0 radical (unpaired) electrons. The van der Waals surface area contributed by atoms with E-state index < -0.39 is 0 Å². The maximum Gasteiger partial charge on any atom is 0.262 e. The Morgan fingerprint density at radius 2 is 2.25 bits per heavy atom. The van der Waals surface area contributed by atoms with Crippen LogP contribution in [0.25, 0.3) is 0 Å². The fourth-order valence-electron chi connectivity index (χ4n) is 2.71.